The summed E-state index contributed by atoms with van der Waals surface area (Å²) in [4.78, 5) is 12.6. The van der Waals surface area contributed by atoms with Gasteiger partial charge in [0.2, 0.25) is 5.91 Å². The van der Waals surface area contributed by atoms with Crippen LogP contribution in [-0.4, -0.2) is 44.4 Å². The zero-order chi connectivity index (χ0) is 9.56. The van der Waals surface area contributed by atoms with Gasteiger partial charge in [-0.15, -0.1) is 0 Å². The number of methoxy groups -OCH3 is 2. The summed E-state index contributed by atoms with van der Waals surface area (Å²) in [6.45, 7) is 4.62. The van der Waals surface area contributed by atoms with E-state index in [9.17, 15) is 4.79 Å². The van der Waals surface area contributed by atoms with Crippen molar-refractivity contribution in [2.75, 3.05) is 27.3 Å². The first-order valence-electron chi connectivity index (χ1n) is 3.96. The molecule has 0 spiro atoms. The highest BCUT2D eigenvalue weighted by atomic mass is 16.7. The van der Waals surface area contributed by atoms with Crippen molar-refractivity contribution in [3.63, 3.8) is 0 Å². The lowest BCUT2D eigenvalue weighted by molar-refractivity contribution is -0.143. The van der Waals surface area contributed by atoms with Gasteiger partial charge < -0.3 is 14.4 Å². The number of ether oxygens (including phenoxy) is 2. The molecule has 0 unspecified atom stereocenters. The molecule has 0 aliphatic rings. The van der Waals surface area contributed by atoms with Crippen molar-refractivity contribution in [2.24, 2.45) is 0 Å². The van der Waals surface area contributed by atoms with Gasteiger partial charge in [0.1, 0.15) is 0 Å². The van der Waals surface area contributed by atoms with Crippen molar-refractivity contribution in [1.82, 2.24) is 4.90 Å². The number of carbonyl (C=O) groups is 1. The predicted molar refractivity (Wildman–Crippen MR) is 45.7 cm³/mol. The van der Waals surface area contributed by atoms with Crippen LogP contribution in [0.25, 0.3) is 0 Å². The molecule has 0 N–H and O–H groups in total. The minimum atomic E-state index is -0.325. The van der Waals surface area contributed by atoms with E-state index >= 15 is 0 Å². The number of hydrogen-bond donors (Lipinski definition) is 0. The van der Waals surface area contributed by atoms with Crippen molar-refractivity contribution < 1.29 is 14.3 Å². The van der Waals surface area contributed by atoms with Crippen molar-refractivity contribution in [3.05, 3.63) is 0 Å². The third kappa shape index (κ3) is 3.69. The molecule has 72 valence electrons. The van der Waals surface area contributed by atoms with Crippen LogP contribution in [0.2, 0.25) is 0 Å². The van der Waals surface area contributed by atoms with Gasteiger partial charge >= 0.3 is 0 Å². The fourth-order valence-corrected chi connectivity index (χ4v) is 0.906. The van der Waals surface area contributed by atoms with Gasteiger partial charge in [-0.3, -0.25) is 4.79 Å². The summed E-state index contributed by atoms with van der Waals surface area (Å²) in [6.07, 6.45) is -0.325. The maximum Gasteiger partial charge on any atom is 0.219 e. The van der Waals surface area contributed by atoms with Gasteiger partial charge in [-0.05, 0) is 6.92 Å². The van der Waals surface area contributed by atoms with E-state index in [2.05, 4.69) is 0 Å². The monoisotopic (exact) mass is 175 g/mol. The smallest absolute Gasteiger partial charge is 0.219 e. The number of hydrogen-bond acceptors (Lipinski definition) is 3. The minimum Gasteiger partial charge on any atom is -0.354 e. The van der Waals surface area contributed by atoms with Crippen molar-refractivity contribution >= 4 is 5.91 Å². The van der Waals surface area contributed by atoms with Gasteiger partial charge in [0, 0.05) is 27.7 Å². The van der Waals surface area contributed by atoms with Gasteiger partial charge in [-0.25, -0.2) is 0 Å². The molecule has 0 heterocycles. The first-order valence-corrected chi connectivity index (χ1v) is 3.96. The van der Waals surface area contributed by atoms with Gasteiger partial charge in [0.25, 0.3) is 0 Å². The van der Waals surface area contributed by atoms with Crippen LogP contribution in [0, 0.1) is 0 Å². The summed E-state index contributed by atoms with van der Waals surface area (Å²) < 4.78 is 9.93. The maximum absolute atomic E-state index is 11.0. The van der Waals surface area contributed by atoms with Gasteiger partial charge in [-0.2, -0.15) is 0 Å². The molecule has 0 rings (SSSR count). The first-order chi connectivity index (χ1) is 5.65. The van der Waals surface area contributed by atoms with E-state index in [1.807, 2.05) is 6.92 Å². The lowest BCUT2D eigenvalue weighted by atomic mass is 10.4. The molecule has 4 nitrogen and oxygen atoms in total. The quantitative estimate of drug-likeness (QED) is 0.570. The van der Waals surface area contributed by atoms with E-state index in [0.29, 0.717) is 13.1 Å². The second kappa shape index (κ2) is 5.97. The van der Waals surface area contributed by atoms with Crippen LogP contribution in [-0.2, 0) is 14.3 Å². The van der Waals surface area contributed by atoms with Crippen LogP contribution in [0.4, 0.5) is 0 Å². The Morgan fingerprint density at radius 1 is 1.42 bits per heavy atom. The molecule has 0 aliphatic heterocycles. The molecule has 0 radical (unpaired) electrons. The Morgan fingerprint density at radius 3 is 2.17 bits per heavy atom. The molecule has 12 heavy (non-hydrogen) atoms. The Bertz CT molecular complexity index is 134. The largest absolute Gasteiger partial charge is 0.354 e. The second-order valence-corrected chi connectivity index (χ2v) is 2.46. The predicted octanol–water partition coefficient (Wildman–Crippen LogP) is 0.474. The van der Waals surface area contributed by atoms with Crippen molar-refractivity contribution in [1.29, 1.82) is 0 Å². The van der Waals surface area contributed by atoms with Crippen molar-refractivity contribution in [2.45, 2.75) is 20.1 Å². The first kappa shape index (κ1) is 11.4. The highest BCUT2D eigenvalue weighted by Gasteiger charge is 2.12. The van der Waals surface area contributed by atoms with E-state index in [0.717, 1.165) is 0 Å². The number of rotatable bonds is 5. The Balaban J connectivity index is 3.91. The summed E-state index contributed by atoms with van der Waals surface area (Å²) in [7, 11) is 3.12. The van der Waals surface area contributed by atoms with Crippen LogP contribution in [0.15, 0.2) is 0 Å². The van der Waals surface area contributed by atoms with Crippen molar-refractivity contribution in [3.8, 4) is 0 Å². The average Bonchev–Trinajstić information content (AvgIpc) is 2.06. The fourth-order valence-electron chi connectivity index (χ4n) is 0.906. The number of nitrogens with zero attached hydrogens (tertiary/aromatic N) is 1. The second-order valence-electron chi connectivity index (χ2n) is 2.46. The Labute approximate surface area is 73.4 Å². The standard InChI is InChI=1S/C8H17NO3/c1-5-9(7(2)10)6-8(11-3)12-4/h8H,5-6H2,1-4H3. The maximum atomic E-state index is 11.0. The molecule has 0 atom stereocenters. The van der Waals surface area contributed by atoms with Gasteiger partial charge in [0.15, 0.2) is 6.29 Å². The molecule has 0 bridgehead atoms. The molecular formula is C8H17NO3. The lowest BCUT2D eigenvalue weighted by Gasteiger charge is -2.23. The topological polar surface area (TPSA) is 38.8 Å². The van der Waals surface area contributed by atoms with E-state index in [4.69, 9.17) is 9.47 Å². The van der Waals surface area contributed by atoms with E-state index in [1.54, 1.807) is 19.1 Å². The lowest BCUT2D eigenvalue weighted by Crippen LogP contribution is -2.37. The fraction of sp³-hybridized carbons (Fsp3) is 0.875. The Kier molecular flexibility index (Phi) is 5.66. The molecule has 0 aromatic rings. The minimum absolute atomic E-state index is 0.0385. The van der Waals surface area contributed by atoms with Crippen LogP contribution in [0.1, 0.15) is 13.8 Å². The zero-order valence-electron chi connectivity index (χ0n) is 8.16. The summed E-state index contributed by atoms with van der Waals surface area (Å²) in [5, 5.41) is 0. The summed E-state index contributed by atoms with van der Waals surface area (Å²) in [5.41, 5.74) is 0. The molecule has 0 saturated heterocycles. The van der Waals surface area contributed by atoms with Gasteiger partial charge in [-0.1, -0.05) is 0 Å². The number of carbonyl (C=O) groups excluding carboxylic acids is 1. The highest BCUT2D eigenvalue weighted by Crippen LogP contribution is 1.97. The van der Waals surface area contributed by atoms with E-state index < -0.39 is 0 Å². The molecule has 0 aromatic heterocycles. The van der Waals surface area contributed by atoms with Crippen LogP contribution < -0.4 is 0 Å². The summed E-state index contributed by atoms with van der Waals surface area (Å²) in [6, 6.07) is 0. The zero-order valence-corrected chi connectivity index (χ0v) is 8.16. The van der Waals surface area contributed by atoms with E-state index in [-0.39, 0.29) is 12.2 Å². The number of amides is 1. The average molecular weight is 175 g/mol. The van der Waals surface area contributed by atoms with Crippen LogP contribution >= 0.6 is 0 Å². The molecular weight excluding hydrogens is 158 g/mol. The summed E-state index contributed by atoms with van der Waals surface area (Å²) in [5.74, 6) is 0.0385. The Morgan fingerprint density at radius 2 is 1.92 bits per heavy atom. The van der Waals surface area contributed by atoms with Crippen LogP contribution in [0.3, 0.4) is 0 Å². The molecule has 0 fully saturated rings. The van der Waals surface area contributed by atoms with Gasteiger partial charge in [0.05, 0.1) is 6.54 Å². The molecule has 1 amide bonds. The molecule has 0 aliphatic carbocycles. The third-order valence-electron chi connectivity index (χ3n) is 1.72. The van der Waals surface area contributed by atoms with Crippen LogP contribution in [0.5, 0.6) is 0 Å². The summed E-state index contributed by atoms with van der Waals surface area (Å²) >= 11 is 0. The Hall–Kier alpha value is -0.610. The SMILES string of the molecule is CCN(CC(OC)OC)C(C)=O. The highest BCUT2D eigenvalue weighted by molar-refractivity contribution is 5.73. The molecule has 4 heteroatoms. The molecule has 0 saturated carbocycles. The third-order valence-corrected chi connectivity index (χ3v) is 1.72. The van der Waals surface area contributed by atoms with E-state index in [1.165, 1.54) is 6.92 Å². The number of likely N-dealkylation sites (N-methyl/N-ethyl adjacent to an activating group) is 1. The normalized spacial score (nSPS) is 10.4. The molecule has 0 aromatic carbocycles.